The molecule has 0 saturated carbocycles. The summed E-state index contributed by atoms with van der Waals surface area (Å²) in [5.41, 5.74) is -4.44. The minimum atomic E-state index is -4.85. The second-order valence-electron chi connectivity index (χ2n) is 9.07. The molecule has 0 unspecified atom stereocenters. The van der Waals surface area contributed by atoms with Gasteiger partial charge in [0.15, 0.2) is 0 Å². The SMILES string of the molecule is Cc1ccc([C@@](Cc2ccccc2)(NC(=O)NCCC(F)(F)F)c2cc(F)cc(C(F)(F)I)c2)cc1C(F)(F)F. The molecule has 0 aromatic heterocycles. The van der Waals surface area contributed by atoms with Crippen LogP contribution in [-0.2, 0) is 22.1 Å². The molecule has 0 aliphatic rings. The number of benzene rings is 3. The smallest absolute Gasteiger partial charge is 0.338 e. The number of carbonyl (C=O) groups excluding carboxylic acids is 1. The average Bonchev–Trinajstić information content (AvgIpc) is 2.82. The number of nitrogens with one attached hydrogen (secondary N) is 2. The third-order valence-electron chi connectivity index (χ3n) is 6.09. The molecule has 0 saturated heterocycles. The van der Waals surface area contributed by atoms with Crippen molar-refractivity contribution in [2.24, 2.45) is 0 Å². The lowest BCUT2D eigenvalue weighted by molar-refractivity contribution is -0.138. The predicted molar refractivity (Wildman–Crippen MR) is 139 cm³/mol. The molecule has 2 N–H and O–H groups in total. The monoisotopic (exact) mass is 688 g/mol. The van der Waals surface area contributed by atoms with E-state index in [0.717, 1.165) is 40.8 Å². The molecule has 40 heavy (non-hydrogen) atoms. The molecule has 3 rings (SSSR count). The van der Waals surface area contributed by atoms with Gasteiger partial charge in [0, 0.05) is 41.1 Å². The standard InChI is InChI=1S/C27H22F9IN2O/c1-16-7-8-18(14-22(16)26(32,33)34)24(15-17-5-3-2-4-6-17,39-23(40)38-10-9-25(29,30)31)19-11-20(27(35,36)37)13-21(28)12-19/h2-8,11-14H,9-10,15H2,1H3,(H2,38,39,40)/t24-/m1/s1. The van der Waals surface area contributed by atoms with E-state index in [-0.39, 0.29) is 23.1 Å². The van der Waals surface area contributed by atoms with E-state index in [1.165, 1.54) is 13.0 Å². The second-order valence-corrected chi connectivity index (χ2v) is 10.4. The average molecular weight is 688 g/mol. The summed E-state index contributed by atoms with van der Waals surface area (Å²) >= 11 is 0.759. The summed E-state index contributed by atoms with van der Waals surface area (Å²) in [4.78, 5) is 12.9. The van der Waals surface area contributed by atoms with Crippen molar-refractivity contribution in [3.63, 3.8) is 0 Å². The summed E-state index contributed by atoms with van der Waals surface area (Å²) in [5, 5.41) is 4.40. The Hall–Kier alpha value is -2.97. The van der Waals surface area contributed by atoms with E-state index < -0.39 is 57.8 Å². The van der Waals surface area contributed by atoms with Crippen molar-refractivity contribution in [1.82, 2.24) is 10.6 Å². The first-order chi connectivity index (χ1) is 18.4. The van der Waals surface area contributed by atoms with Crippen molar-refractivity contribution < 1.29 is 44.3 Å². The number of hydrogen-bond acceptors (Lipinski definition) is 1. The Kier molecular flexibility index (Phi) is 9.36. The zero-order valence-electron chi connectivity index (χ0n) is 20.7. The summed E-state index contributed by atoms with van der Waals surface area (Å²) in [7, 11) is 0. The number of alkyl halides is 9. The second kappa shape index (κ2) is 11.9. The molecule has 216 valence electrons. The molecule has 0 heterocycles. The molecule has 13 heteroatoms. The number of hydrogen-bond donors (Lipinski definition) is 2. The fourth-order valence-electron chi connectivity index (χ4n) is 4.21. The highest BCUT2D eigenvalue weighted by atomic mass is 127. The van der Waals surface area contributed by atoms with E-state index in [0.29, 0.717) is 17.7 Å². The van der Waals surface area contributed by atoms with E-state index in [9.17, 15) is 44.3 Å². The van der Waals surface area contributed by atoms with Crippen LogP contribution < -0.4 is 10.6 Å². The summed E-state index contributed by atoms with van der Waals surface area (Å²) in [6.45, 7) is 0.318. The van der Waals surface area contributed by atoms with Crippen molar-refractivity contribution in [2.75, 3.05) is 6.54 Å². The molecule has 0 aliphatic heterocycles. The van der Waals surface area contributed by atoms with Gasteiger partial charge in [-0.2, -0.15) is 35.1 Å². The first-order valence-electron chi connectivity index (χ1n) is 11.6. The van der Waals surface area contributed by atoms with E-state index in [1.54, 1.807) is 30.3 Å². The van der Waals surface area contributed by atoms with Crippen LogP contribution in [0.4, 0.5) is 44.3 Å². The molecular weight excluding hydrogens is 666 g/mol. The quantitative estimate of drug-likeness (QED) is 0.140. The number of carbonyl (C=O) groups is 1. The summed E-state index contributed by atoms with van der Waals surface area (Å²) < 4.78 is 120. The third kappa shape index (κ3) is 8.04. The van der Waals surface area contributed by atoms with Crippen molar-refractivity contribution >= 4 is 28.6 Å². The Balaban J connectivity index is 2.31. The molecule has 2 amide bonds. The minimum absolute atomic E-state index is 0.182. The van der Waals surface area contributed by atoms with Gasteiger partial charge in [-0.15, -0.1) is 0 Å². The lowest BCUT2D eigenvalue weighted by atomic mass is 9.76. The van der Waals surface area contributed by atoms with Crippen molar-refractivity contribution in [1.29, 1.82) is 0 Å². The Morgan fingerprint density at radius 2 is 1.45 bits per heavy atom. The lowest BCUT2D eigenvalue weighted by Crippen LogP contribution is -2.52. The van der Waals surface area contributed by atoms with Crippen LogP contribution in [0.1, 0.15) is 39.8 Å². The highest BCUT2D eigenvalue weighted by molar-refractivity contribution is 14.1. The van der Waals surface area contributed by atoms with Crippen LogP contribution in [0.2, 0.25) is 0 Å². The molecule has 3 nitrogen and oxygen atoms in total. The first-order valence-corrected chi connectivity index (χ1v) is 12.7. The van der Waals surface area contributed by atoms with Gasteiger partial charge in [-0.25, -0.2) is 9.18 Å². The zero-order chi connectivity index (χ0) is 29.9. The Morgan fingerprint density at radius 3 is 2.02 bits per heavy atom. The highest BCUT2D eigenvalue weighted by Crippen LogP contribution is 2.42. The van der Waals surface area contributed by atoms with Crippen LogP contribution in [0, 0.1) is 12.7 Å². The number of rotatable bonds is 8. The largest absolute Gasteiger partial charge is 0.416 e. The van der Waals surface area contributed by atoms with Gasteiger partial charge in [-0.05, 0) is 53.4 Å². The van der Waals surface area contributed by atoms with Gasteiger partial charge in [0.25, 0.3) is 0 Å². The molecule has 0 fully saturated rings. The Labute approximate surface area is 237 Å². The summed E-state index contributed by atoms with van der Waals surface area (Å²) in [5.74, 6) is -1.16. The van der Waals surface area contributed by atoms with E-state index in [1.807, 2.05) is 5.32 Å². The van der Waals surface area contributed by atoms with Crippen LogP contribution in [0.3, 0.4) is 0 Å². The first kappa shape index (κ1) is 31.6. The number of halogens is 10. The molecule has 3 aromatic rings. The maximum absolute atomic E-state index is 14.8. The summed E-state index contributed by atoms with van der Waals surface area (Å²) in [6.07, 6.45) is -11.2. The molecule has 0 aliphatic carbocycles. The fourth-order valence-corrected chi connectivity index (χ4v) is 4.52. The highest BCUT2D eigenvalue weighted by Gasteiger charge is 2.41. The predicted octanol–water partition coefficient (Wildman–Crippen LogP) is 8.38. The van der Waals surface area contributed by atoms with Gasteiger partial charge >= 0.3 is 22.3 Å². The molecular formula is C27H22F9IN2O. The van der Waals surface area contributed by atoms with Gasteiger partial charge < -0.3 is 10.6 Å². The third-order valence-corrected chi connectivity index (χ3v) is 6.71. The van der Waals surface area contributed by atoms with Crippen LogP contribution in [0.5, 0.6) is 0 Å². The van der Waals surface area contributed by atoms with E-state index >= 15 is 0 Å². The fraction of sp³-hybridized carbons (Fsp3) is 0.296. The molecule has 0 bridgehead atoms. The Morgan fingerprint density at radius 1 is 0.825 bits per heavy atom. The van der Waals surface area contributed by atoms with Gasteiger partial charge in [-0.3, -0.25) is 0 Å². The summed E-state index contributed by atoms with van der Waals surface area (Å²) in [6, 6.07) is 11.9. The molecule has 0 radical (unpaired) electrons. The van der Waals surface area contributed by atoms with Crippen molar-refractivity contribution in [3.8, 4) is 0 Å². The van der Waals surface area contributed by atoms with Gasteiger partial charge in [0.05, 0.1) is 17.5 Å². The lowest BCUT2D eigenvalue weighted by Gasteiger charge is -2.37. The zero-order valence-corrected chi connectivity index (χ0v) is 22.8. The van der Waals surface area contributed by atoms with Crippen molar-refractivity contribution in [2.45, 2.75) is 41.6 Å². The topological polar surface area (TPSA) is 41.1 Å². The normalized spacial score (nSPS) is 14.0. The van der Waals surface area contributed by atoms with Crippen LogP contribution in [0.25, 0.3) is 0 Å². The van der Waals surface area contributed by atoms with Crippen LogP contribution >= 0.6 is 22.6 Å². The number of urea groups is 1. The van der Waals surface area contributed by atoms with Crippen molar-refractivity contribution in [3.05, 3.63) is 106 Å². The number of aryl methyl sites for hydroxylation is 1. The van der Waals surface area contributed by atoms with Gasteiger partial charge in [0.1, 0.15) is 5.82 Å². The maximum Gasteiger partial charge on any atom is 0.416 e. The van der Waals surface area contributed by atoms with E-state index in [4.69, 9.17) is 0 Å². The molecule has 0 spiro atoms. The molecule has 3 aromatic carbocycles. The van der Waals surface area contributed by atoms with E-state index in [2.05, 4.69) is 5.32 Å². The minimum Gasteiger partial charge on any atom is -0.338 e. The number of amides is 2. The van der Waals surface area contributed by atoms with Gasteiger partial charge in [0.2, 0.25) is 0 Å². The molecule has 1 atom stereocenters. The van der Waals surface area contributed by atoms with Gasteiger partial charge in [-0.1, -0.05) is 42.5 Å². The van der Waals surface area contributed by atoms with Crippen LogP contribution in [-0.4, -0.2) is 18.8 Å². The van der Waals surface area contributed by atoms with Crippen LogP contribution in [0.15, 0.2) is 66.7 Å². The maximum atomic E-state index is 14.8. The Bertz CT molecular complexity index is 1340.